The van der Waals surface area contributed by atoms with Crippen LogP contribution in [0.3, 0.4) is 0 Å². The summed E-state index contributed by atoms with van der Waals surface area (Å²) in [5.74, 6) is 1.87. The van der Waals surface area contributed by atoms with E-state index in [1.54, 1.807) is 0 Å². The molecule has 0 saturated heterocycles. The second-order valence-corrected chi connectivity index (χ2v) is 9.13. The third-order valence-corrected chi connectivity index (χ3v) is 6.83. The van der Waals surface area contributed by atoms with Crippen molar-refractivity contribution in [1.29, 1.82) is 0 Å². The fourth-order valence-corrected chi connectivity index (χ4v) is 5.33. The maximum atomic E-state index is 13.6. The van der Waals surface area contributed by atoms with Gasteiger partial charge in [0.25, 0.3) is 0 Å². The smallest absolute Gasteiger partial charge is 0.137 e. The molecule has 160 valence electrons. The van der Waals surface area contributed by atoms with Crippen LogP contribution < -0.4 is 0 Å². The van der Waals surface area contributed by atoms with Crippen molar-refractivity contribution in [3.63, 3.8) is 0 Å². The van der Waals surface area contributed by atoms with E-state index in [0.717, 1.165) is 74.5 Å². The SMILES string of the molecule is CN1CCCc2c(oc3ccc(CN4CCCc5c(oc6cc(F)ccc56)C4)cc23)C1. The molecule has 0 fully saturated rings. The quantitative estimate of drug-likeness (QED) is 0.421. The normalized spacial score (nSPS) is 18.1. The van der Waals surface area contributed by atoms with E-state index < -0.39 is 0 Å². The number of aryl methyl sites for hydroxylation is 2. The molecule has 0 N–H and O–H groups in total. The minimum atomic E-state index is -0.244. The van der Waals surface area contributed by atoms with Crippen molar-refractivity contribution < 1.29 is 13.2 Å². The molecule has 4 heterocycles. The molecule has 0 spiro atoms. The first-order valence-corrected chi connectivity index (χ1v) is 11.3. The summed E-state index contributed by atoms with van der Waals surface area (Å²) in [6, 6.07) is 11.5. The summed E-state index contributed by atoms with van der Waals surface area (Å²) in [6.45, 7) is 4.67. The topological polar surface area (TPSA) is 32.8 Å². The molecule has 0 amide bonds. The van der Waals surface area contributed by atoms with E-state index in [2.05, 4.69) is 35.0 Å². The van der Waals surface area contributed by atoms with Gasteiger partial charge in [0.15, 0.2) is 0 Å². The Kier molecular flexibility index (Phi) is 4.62. The summed E-state index contributed by atoms with van der Waals surface area (Å²) in [7, 11) is 2.16. The van der Waals surface area contributed by atoms with E-state index in [9.17, 15) is 4.39 Å². The molecule has 31 heavy (non-hydrogen) atoms. The van der Waals surface area contributed by atoms with Gasteiger partial charge in [-0.3, -0.25) is 9.80 Å². The zero-order chi connectivity index (χ0) is 20.9. The minimum Gasteiger partial charge on any atom is -0.459 e. The van der Waals surface area contributed by atoms with Gasteiger partial charge in [-0.15, -0.1) is 0 Å². The highest BCUT2D eigenvalue weighted by atomic mass is 19.1. The predicted octanol–water partition coefficient (Wildman–Crippen LogP) is 5.64. The first-order chi connectivity index (χ1) is 15.1. The van der Waals surface area contributed by atoms with Gasteiger partial charge in [-0.05, 0) is 75.6 Å². The van der Waals surface area contributed by atoms with E-state index in [-0.39, 0.29) is 5.82 Å². The van der Waals surface area contributed by atoms with Crippen molar-refractivity contribution >= 4 is 21.9 Å². The van der Waals surface area contributed by atoms with Crippen LogP contribution in [-0.2, 0) is 32.5 Å². The number of nitrogens with zero attached hydrogens (tertiary/aromatic N) is 2. The van der Waals surface area contributed by atoms with Gasteiger partial charge in [-0.2, -0.15) is 0 Å². The van der Waals surface area contributed by atoms with Gasteiger partial charge in [0.05, 0.1) is 13.1 Å². The molecule has 2 aliphatic rings. The van der Waals surface area contributed by atoms with Gasteiger partial charge in [-0.1, -0.05) is 6.07 Å². The van der Waals surface area contributed by atoms with Crippen LogP contribution in [0.1, 0.15) is 41.1 Å². The van der Waals surface area contributed by atoms with Crippen molar-refractivity contribution in [2.24, 2.45) is 0 Å². The van der Waals surface area contributed by atoms with Crippen molar-refractivity contribution in [2.45, 2.75) is 45.3 Å². The number of halogens is 1. The summed E-state index contributed by atoms with van der Waals surface area (Å²) in [4.78, 5) is 4.78. The number of hydrogen-bond donors (Lipinski definition) is 0. The lowest BCUT2D eigenvalue weighted by molar-refractivity contribution is 0.243. The fourth-order valence-electron chi connectivity index (χ4n) is 5.33. The Morgan fingerprint density at radius 1 is 0.839 bits per heavy atom. The first kappa shape index (κ1) is 19.1. The molecule has 0 unspecified atom stereocenters. The van der Waals surface area contributed by atoms with Crippen LogP contribution in [-0.4, -0.2) is 29.9 Å². The average molecular weight is 419 g/mol. The van der Waals surface area contributed by atoms with Crippen LogP contribution in [0.2, 0.25) is 0 Å². The zero-order valence-corrected chi connectivity index (χ0v) is 17.9. The zero-order valence-electron chi connectivity index (χ0n) is 17.9. The molecule has 0 atom stereocenters. The molecule has 0 saturated carbocycles. The maximum Gasteiger partial charge on any atom is 0.137 e. The van der Waals surface area contributed by atoms with Crippen molar-refractivity contribution in [1.82, 2.24) is 9.80 Å². The van der Waals surface area contributed by atoms with Gasteiger partial charge >= 0.3 is 0 Å². The summed E-state index contributed by atoms with van der Waals surface area (Å²) >= 11 is 0. The molecule has 0 aliphatic carbocycles. The number of furan rings is 2. The highest BCUT2D eigenvalue weighted by Gasteiger charge is 2.22. The third kappa shape index (κ3) is 3.46. The summed E-state index contributed by atoms with van der Waals surface area (Å²) in [5, 5.41) is 2.34. The highest BCUT2D eigenvalue weighted by molar-refractivity contribution is 5.83. The van der Waals surface area contributed by atoms with Crippen LogP contribution in [0.15, 0.2) is 45.2 Å². The fraction of sp³-hybridized carbons (Fsp3) is 0.385. The van der Waals surface area contributed by atoms with Crippen LogP contribution in [0.25, 0.3) is 21.9 Å². The number of fused-ring (bicyclic) bond motifs is 6. The Hall–Kier alpha value is -2.63. The molecule has 2 aromatic carbocycles. The largest absolute Gasteiger partial charge is 0.459 e. The molecule has 6 rings (SSSR count). The monoisotopic (exact) mass is 418 g/mol. The van der Waals surface area contributed by atoms with Gasteiger partial charge in [0, 0.05) is 34.5 Å². The van der Waals surface area contributed by atoms with Crippen LogP contribution in [0, 0.1) is 5.82 Å². The summed E-state index contributed by atoms with van der Waals surface area (Å²) < 4.78 is 25.9. The molecule has 4 nitrogen and oxygen atoms in total. The molecule has 0 radical (unpaired) electrons. The van der Waals surface area contributed by atoms with Crippen LogP contribution in [0.5, 0.6) is 0 Å². The molecular formula is C26H27FN2O2. The van der Waals surface area contributed by atoms with E-state index in [1.165, 1.54) is 40.6 Å². The third-order valence-electron chi connectivity index (χ3n) is 6.83. The van der Waals surface area contributed by atoms with Gasteiger partial charge in [-0.25, -0.2) is 4.39 Å². The Balaban J connectivity index is 1.29. The molecular weight excluding hydrogens is 391 g/mol. The van der Waals surface area contributed by atoms with Crippen LogP contribution >= 0.6 is 0 Å². The Morgan fingerprint density at radius 3 is 2.52 bits per heavy atom. The molecule has 2 aromatic heterocycles. The molecule has 5 heteroatoms. The standard InChI is InChI=1S/C26H27FN2O2/c1-28-10-2-4-20-22-12-17(6-9-23(22)30-25(20)15-28)14-29-11-3-5-19-21-8-7-18(27)13-24(21)31-26(19)16-29/h6-9,12-13H,2-5,10-11,14-16H2,1H3. The lowest BCUT2D eigenvalue weighted by Crippen LogP contribution is -2.22. The maximum absolute atomic E-state index is 13.6. The average Bonchev–Trinajstić information content (AvgIpc) is 3.08. The summed E-state index contributed by atoms with van der Waals surface area (Å²) in [6.07, 6.45) is 4.31. The Morgan fingerprint density at radius 2 is 1.61 bits per heavy atom. The van der Waals surface area contributed by atoms with Gasteiger partial charge in [0.1, 0.15) is 28.5 Å². The second kappa shape index (κ2) is 7.50. The number of hydrogen-bond acceptors (Lipinski definition) is 4. The summed E-state index contributed by atoms with van der Waals surface area (Å²) in [5.41, 5.74) is 5.61. The van der Waals surface area contributed by atoms with E-state index in [1.807, 2.05) is 6.07 Å². The van der Waals surface area contributed by atoms with Crippen molar-refractivity contribution in [3.8, 4) is 0 Å². The van der Waals surface area contributed by atoms with E-state index in [0.29, 0.717) is 5.58 Å². The van der Waals surface area contributed by atoms with Crippen LogP contribution in [0.4, 0.5) is 4.39 Å². The van der Waals surface area contributed by atoms with Crippen molar-refractivity contribution in [2.75, 3.05) is 20.1 Å². The Bertz CT molecular complexity index is 1270. The highest BCUT2D eigenvalue weighted by Crippen LogP contribution is 2.33. The first-order valence-electron chi connectivity index (χ1n) is 11.3. The Labute approximate surface area is 181 Å². The van der Waals surface area contributed by atoms with Gasteiger partial charge < -0.3 is 8.83 Å². The number of rotatable bonds is 2. The molecule has 4 aromatic rings. The lowest BCUT2D eigenvalue weighted by atomic mass is 10.0. The van der Waals surface area contributed by atoms with E-state index in [4.69, 9.17) is 8.83 Å². The van der Waals surface area contributed by atoms with Gasteiger partial charge in [0.2, 0.25) is 0 Å². The van der Waals surface area contributed by atoms with Crippen molar-refractivity contribution in [3.05, 3.63) is 70.4 Å². The van der Waals surface area contributed by atoms with E-state index >= 15 is 0 Å². The number of benzene rings is 2. The predicted molar refractivity (Wildman–Crippen MR) is 119 cm³/mol. The lowest BCUT2D eigenvalue weighted by Gasteiger charge is -2.19. The molecule has 0 bridgehead atoms. The molecule has 2 aliphatic heterocycles. The second-order valence-electron chi connectivity index (χ2n) is 9.13. The minimum absolute atomic E-state index is 0.244.